The Bertz CT molecular complexity index is 1260. The number of hydrogen-bond donors (Lipinski definition) is 2. The number of methoxy groups -OCH3 is 6. The lowest BCUT2D eigenvalue weighted by Crippen LogP contribution is -2.31. The molecule has 40 heavy (non-hydrogen) atoms. The highest BCUT2D eigenvalue weighted by Crippen LogP contribution is 2.52. The van der Waals surface area contributed by atoms with Gasteiger partial charge in [0.1, 0.15) is 45.1 Å². The molecule has 11 nitrogen and oxygen atoms in total. The first-order chi connectivity index (χ1) is 19.0. The Kier molecular flexibility index (Phi) is 10.5. The summed E-state index contributed by atoms with van der Waals surface area (Å²) in [5, 5.41) is -0.132. The van der Waals surface area contributed by atoms with Gasteiger partial charge in [-0.3, -0.25) is 14.0 Å². The molecule has 2 unspecified atom stereocenters. The van der Waals surface area contributed by atoms with Crippen LogP contribution >= 0.6 is 14.7 Å². The van der Waals surface area contributed by atoms with Gasteiger partial charge >= 0.3 is 0 Å². The Morgan fingerprint density at radius 3 is 1.25 bits per heavy atom. The van der Waals surface area contributed by atoms with Crippen LogP contribution in [0.3, 0.4) is 0 Å². The predicted molar refractivity (Wildman–Crippen MR) is 153 cm³/mol. The average molecular weight is 596 g/mol. The van der Waals surface area contributed by atoms with E-state index in [-0.39, 0.29) is 40.2 Å². The average Bonchev–Trinajstić information content (AvgIpc) is 2.95. The van der Waals surface area contributed by atoms with Crippen molar-refractivity contribution in [3.05, 3.63) is 60.2 Å². The quantitative estimate of drug-likeness (QED) is 0.265. The van der Waals surface area contributed by atoms with Gasteiger partial charge in [-0.25, -0.2) is 0 Å². The van der Waals surface area contributed by atoms with Crippen LogP contribution in [0.15, 0.2) is 54.6 Å². The summed E-state index contributed by atoms with van der Waals surface area (Å²) in [5.74, 6) is 1.11. The van der Waals surface area contributed by atoms with Crippen molar-refractivity contribution in [2.45, 2.75) is 6.54 Å². The highest BCUT2D eigenvalue weighted by atomic mass is 31.2. The monoisotopic (exact) mass is 595 g/mol. The normalized spacial score (nSPS) is 14.1. The lowest BCUT2D eigenvalue weighted by atomic mass is 10.2. The number of benzene rings is 3. The van der Waals surface area contributed by atoms with Crippen LogP contribution < -0.4 is 39.0 Å². The van der Waals surface area contributed by atoms with Crippen molar-refractivity contribution >= 4 is 25.3 Å². The Balaban J connectivity index is 2.10. The molecular formula is C27H35NO10P2. The molecule has 0 bridgehead atoms. The second-order valence-corrected chi connectivity index (χ2v) is 13.0. The van der Waals surface area contributed by atoms with E-state index in [1.807, 2.05) is 30.3 Å². The van der Waals surface area contributed by atoms with Crippen molar-refractivity contribution < 1.29 is 47.3 Å². The molecule has 0 fully saturated rings. The molecule has 2 atom stereocenters. The summed E-state index contributed by atoms with van der Waals surface area (Å²) < 4.78 is 60.2. The van der Waals surface area contributed by atoms with Crippen molar-refractivity contribution in [1.82, 2.24) is 4.90 Å². The first-order valence-corrected chi connectivity index (χ1v) is 15.7. The van der Waals surface area contributed by atoms with Gasteiger partial charge in [0.2, 0.25) is 0 Å². The molecule has 0 aromatic heterocycles. The Hall–Kier alpha value is -3.20. The molecule has 13 heteroatoms. The first-order valence-electron chi connectivity index (χ1n) is 12.0. The molecule has 218 valence electrons. The minimum atomic E-state index is -4.30. The lowest BCUT2D eigenvalue weighted by molar-refractivity contribution is 0.322. The fourth-order valence-electron chi connectivity index (χ4n) is 4.33. The summed E-state index contributed by atoms with van der Waals surface area (Å²) >= 11 is 0. The van der Waals surface area contributed by atoms with E-state index in [0.717, 1.165) is 5.56 Å². The topological polar surface area (TPSA) is 133 Å². The molecule has 0 spiro atoms. The van der Waals surface area contributed by atoms with Gasteiger partial charge in [-0.2, -0.15) is 0 Å². The Morgan fingerprint density at radius 2 is 0.950 bits per heavy atom. The maximum atomic E-state index is 14.0. The second-order valence-electron chi connectivity index (χ2n) is 8.76. The molecule has 0 heterocycles. The molecule has 0 saturated heterocycles. The van der Waals surface area contributed by atoms with Gasteiger partial charge < -0.3 is 38.2 Å². The van der Waals surface area contributed by atoms with Crippen molar-refractivity contribution in [3.8, 4) is 34.5 Å². The summed E-state index contributed by atoms with van der Waals surface area (Å²) in [6, 6.07) is 15.0. The van der Waals surface area contributed by atoms with Gasteiger partial charge in [-0.1, -0.05) is 30.3 Å². The summed E-state index contributed by atoms with van der Waals surface area (Å²) in [7, 11) is -0.233. The standard InChI is InChI=1S/C27H35NO10P2/c1-33-20-12-22(35-3)26(23(13-20)36-4)39(29,30)17-28(16-19-10-8-7-9-11-19)18-40(31,32)27-24(37-5)14-21(34-2)15-25(27)38-6/h7-15H,16-18H2,1-6H3,(H,29,30)(H,31,32). The zero-order valence-corrected chi connectivity index (χ0v) is 25.1. The van der Waals surface area contributed by atoms with E-state index >= 15 is 0 Å². The van der Waals surface area contributed by atoms with Gasteiger partial charge in [0.25, 0.3) is 14.7 Å². The Labute approximate surface area is 234 Å². The smallest absolute Gasteiger partial charge is 0.250 e. The largest absolute Gasteiger partial charge is 0.496 e. The van der Waals surface area contributed by atoms with Crippen LogP contribution in [-0.4, -0.2) is 69.9 Å². The third-order valence-corrected chi connectivity index (χ3v) is 9.96. The minimum Gasteiger partial charge on any atom is -0.496 e. The summed E-state index contributed by atoms with van der Waals surface area (Å²) in [6.45, 7) is 0.0948. The van der Waals surface area contributed by atoms with E-state index in [1.54, 1.807) is 0 Å². The van der Waals surface area contributed by atoms with Crippen molar-refractivity contribution in [1.29, 1.82) is 0 Å². The van der Waals surface area contributed by atoms with Crippen LogP contribution in [0.2, 0.25) is 0 Å². The number of nitrogens with zero attached hydrogens (tertiary/aromatic N) is 1. The molecule has 0 aliphatic heterocycles. The number of hydrogen-bond acceptors (Lipinski definition) is 9. The molecule has 3 aromatic rings. The Morgan fingerprint density at radius 1 is 0.600 bits per heavy atom. The van der Waals surface area contributed by atoms with Crippen LogP contribution in [0.1, 0.15) is 5.56 Å². The molecule has 0 amide bonds. The van der Waals surface area contributed by atoms with Gasteiger partial charge in [0, 0.05) is 30.8 Å². The molecule has 3 aromatic carbocycles. The van der Waals surface area contributed by atoms with Crippen LogP contribution in [0.5, 0.6) is 34.5 Å². The molecule has 2 N–H and O–H groups in total. The first kappa shape index (κ1) is 31.3. The van der Waals surface area contributed by atoms with Gasteiger partial charge in [0.05, 0.1) is 55.2 Å². The van der Waals surface area contributed by atoms with E-state index < -0.39 is 27.3 Å². The summed E-state index contributed by atoms with van der Waals surface area (Å²) in [5.41, 5.74) is 0.768. The molecule has 0 radical (unpaired) electrons. The van der Waals surface area contributed by atoms with Crippen molar-refractivity contribution in [3.63, 3.8) is 0 Å². The van der Waals surface area contributed by atoms with Crippen molar-refractivity contribution in [2.75, 3.05) is 55.2 Å². The molecule has 0 aliphatic rings. The SMILES string of the molecule is COc1cc(OC)c(P(=O)(O)CN(Cc2ccccc2)CP(=O)(O)c2c(OC)cc(OC)cc2OC)c(OC)c1. The van der Waals surface area contributed by atoms with E-state index in [2.05, 4.69) is 0 Å². The molecular weight excluding hydrogens is 560 g/mol. The van der Waals surface area contributed by atoms with Gasteiger partial charge in [-0.15, -0.1) is 0 Å². The number of rotatable bonds is 14. The van der Waals surface area contributed by atoms with Gasteiger partial charge in [0.15, 0.2) is 0 Å². The van der Waals surface area contributed by atoms with Crippen molar-refractivity contribution in [2.24, 2.45) is 0 Å². The van der Waals surface area contributed by atoms with E-state index in [4.69, 9.17) is 28.4 Å². The third-order valence-electron chi connectivity index (χ3n) is 6.11. The highest BCUT2D eigenvalue weighted by molar-refractivity contribution is 7.67. The molecule has 0 saturated carbocycles. The van der Waals surface area contributed by atoms with Crippen LogP contribution in [0.25, 0.3) is 0 Å². The number of ether oxygens (including phenoxy) is 6. The van der Waals surface area contributed by atoms with E-state index in [9.17, 15) is 18.9 Å². The maximum absolute atomic E-state index is 14.0. The third kappa shape index (κ3) is 7.11. The summed E-state index contributed by atoms with van der Waals surface area (Å²) in [4.78, 5) is 24.3. The van der Waals surface area contributed by atoms with E-state index in [1.165, 1.54) is 71.8 Å². The lowest BCUT2D eigenvalue weighted by Gasteiger charge is -2.29. The molecule has 3 rings (SSSR count). The fourth-order valence-corrected chi connectivity index (χ4v) is 8.26. The minimum absolute atomic E-state index is 0.0660. The van der Waals surface area contributed by atoms with Gasteiger partial charge in [-0.05, 0) is 5.56 Å². The summed E-state index contributed by atoms with van der Waals surface area (Å²) in [6.07, 6.45) is -0.988. The van der Waals surface area contributed by atoms with E-state index in [0.29, 0.717) is 11.5 Å². The van der Waals surface area contributed by atoms with Crippen LogP contribution in [-0.2, 0) is 15.7 Å². The zero-order valence-electron chi connectivity index (χ0n) is 23.3. The molecule has 0 aliphatic carbocycles. The fraction of sp³-hybridized carbons (Fsp3) is 0.333. The predicted octanol–water partition coefficient (Wildman–Crippen LogP) is 3.65. The van der Waals surface area contributed by atoms with Crippen LogP contribution in [0.4, 0.5) is 0 Å². The van der Waals surface area contributed by atoms with Crippen LogP contribution in [0, 0.1) is 0 Å². The maximum Gasteiger partial charge on any atom is 0.250 e. The second kappa shape index (κ2) is 13.4. The zero-order chi connectivity index (χ0) is 29.5. The highest BCUT2D eigenvalue weighted by Gasteiger charge is 2.38.